The summed E-state index contributed by atoms with van der Waals surface area (Å²) in [5, 5.41) is 24.4. The first-order valence-electron chi connectivity index (χ1n) is 19.1. The van der Waals surface area contributed by atoms with Gasteiger partial charge in [0.15, 0.2) is 0 Å². The second-order valence-corrected chi connectivity index (χ2v) is 15.5. The quantitative estimate of drug-likeness (QED) is 0.0272. The highest BCUT2D eigenvalue weighted by molar-refractivity contribution is 7.45. The summed E-state index contributed by atoms with van der Waals surface area (Å²) in [6, 6.07) is -1.11. The summed E-state index contributed by atoms with van der Waals surface area (Å²) in [6.45, 7) is 4.22. The molecule has 1 amide bonds. The van der Waals surface area contributed by atoms with Crippen LogP contribution in [0.1, 0.15) is 136 Å². The van der Waals surface area contributed by atoms with Gasteiger partial charge in [-0.05, 0) is 38.5 Å². The maximum absolute atomic E-state index is 12.8. The van der Waals surface area contributed by atoms with Gasteiger partial charge in [-0.1, -0.05) is 140 Å². The summed E-state index contributed by atoms with van der Waals surface area (Å²) in [6.07, 6.45) is 33.1. The molecule has 4 unspecified atom stereocenters. The van der Waals surface area contributed by atoms with E-state index in [0.717, 1.165) is 51.4 Å². The Morgan fingerprint density at radius 2 is 1.24 bits per heavy atom. The SMILES string of the molecule is CC/C=C\C/C=C\C/C=C\C/C=C\CCC(=O)NC(COP(=O)([O-])OCC[N+](C)(C)C)C(O)C(O)CCCCCCCCCCCCCC. The van der Waals surface area contributed by atoms with Crippen molar-refractivity contribution in [3.8, 4) is 0 Å². The molecule has 0 saturated carbocycles. The first-order valence-corrected chi connectivity index (χ1v) is 20.5. The zero-order chi connectivity index (χ0) is 36.6. The minimum atomic E-state index is -4.68. The maximum Gasteiger partial charge on any atom is 0.268 e. The fourth-order valence-electron chi connectivity index (χ4n) is 5.09. The van der Waals surface area contributed by atoms with E-state index >= 15 is 0 Å². The standard InChI is InChI=1S/C39H73N2O7P/c1-6-8-10-12-14-16-18-20-22-24-26-28-30-32-38(43)40-36(35-48-49(45,46)47-34-33-41(3,4)5)39(44)37(42)31-29-27-25-23-21-19-17-15-13-11-9-7-2/h8,10,14,16,20,22,26,28,36-37,39,42,44H,6-7,9,11-13,15,17-19,21,23-25,27,29-35H2,1-5H3,(H-,40,43,45,46)/b10-8-,16-14-,22-20-,28-26-. The summed E-state index contributed by atoms with van der Waals surface area (Å²) < 4.78 is 23.0. The van der Waals surface area contributed by atoms with Crippen LogP contribution in [0, 0.1) is 0 Å². The van der Waals surface area contributed by atoms with E-state index in [2.05, 4.69) is 55.6 Å². The van der Waals surface area contributed by atoms with Crippen molar-refractivity contribution >= 4 is 13.7 Å². The number of aliphatic hydroxyl groups excluding tert-OH is 2. The van der Waals surface area contributed by atoms with Crippen LogP contribution in [-0.2, 0) is 18.4 Å². The highest BCUT2D eigenvalue weighted by atomic mass is 31.2. The largest absolute Gasteiger partial charge is 0.756 e. The van der Waals surface area contributed by atoms with Gasteiger partial charge < -0.3 is 34.0 Å². The lowest BCUT2D eigenvalue weighted by molar-refractivity contribution is -0.870. The van der Waals surface area contributed by atoms with Crippen LogP contribution in [0.15, 0.2) is 48.6 Å². The van der Waals surface area contributed by atoms with Crippen molar-refractivity contribution in [3.63, 3.8) is 0 Å². The van der Waals surface area contributed by atoms with Gasteiger partial charge in [-0.3, -0.25) is 9.36 Å². The van der Waals surface area contributed by atoms with E-state index in [4.69, 9.17) is 9.05 Å². The number of carbonyl (C=O) groups is 1. The molecule has 0 bridgehead atoms. The third-order valence-corrected chi connectivity index (χ3v) is 9.15. The van der Waals surface area contributed by atoms with E-state index in [1.807, 2.05) is 33.3 Å². The monoisotopic (exact) mass is 713 g/mol. The Hall–Kier alpha value is -1.58. The molecule has 0 fully saturated rings. The molecule has 0 aliphatic rings. The van der Waals surface area contributed by atoms with E-state index in [1.54, 1.807) is 0 Å². The molecular formula is C39H73N2O7P. The van der Waals surface area contributed by atoms with Crippen LogP contribution in [0.25, 0.3) is 0 Å². The molecule has 0 spiro atoms. The van der Waals surface area contributed by atoms with Crippen molar-refractivity contribution in [1.82, 2.24) is 5.32 Å². The van der Waals surface area contributed by atoms with Gasteiger partial charge in [-0.15, -0.1) is 0 Å². The molecule has 3 N–H and O–H groups in total. The number of nitrogens with one attached hydrogen (secondary N) is 1. The number of hydrogen-bond donors (Lipinski definition) is 3. The number of hydrogen-bond acceptors (Lipinski definition) is 7. The maximum atomic E-state index is 12.8. The lowest BCUT2D eigenvalue weighted by Gasteiger charge is -2.31. The zero-order valence-electron chi connectivity index (χ0n) is 31.7. The van der Waals surface area contributed by atoms with Crippen LogP contribution >= 0.6 is 7.82 Å². The first-order chi connectivity index (χ1) is 23.4. The molecule has 0 saturated heterocycles. The van der Waals surface area contributed by atoms with Crippen LogP contribution in [0.5, 0.6) is 0 Å². The molecule has 0 heterocycles. The summed E-state index contributed by atoms with van der Waals surface area (Å²) >= 11 is 0. The van der Waals surface area contributed by atoms with Gasteiger partial charge in [0.2, 0.25) is 5.91 Å². The van der Waals surface area contributed by atoms with Gasteiger partial charge in [0.1, 0.15) is 19.3 Å². The van der Waals surface area contributed by atoms with E-state index in [9.17, 15) is 24.5 Å². The Morgan fingerprint density at radius 3 is 1.76 bits per heavy atom. The van der Waals surface area contributed by atoms with Crippen molar-refractivity contribution in [2.24, 2.45) is 0 Å². The minimum Gasteiger partial charge on any atom is -0.756 e. The van der Waals surface area contributed by atoms with Crippen molar-refractivity contribution < 1.29 is 38.0 Å². The molecule has 0 aliphatic heterocycles. The molecule has 49 heavy (non-hydrogen) atoms. The van der Waals surface area contributed by atoms with E-state index in [0.29, 0.717) is 23.9 Å². The number of aliphatic hydroxyl groups is 2. The second-order valence-electron chi connectivity index (χ2n) is 14.0. The molecule has 0 aliphatic carbocycles. The topological polar surface area (TPSA) is 128 Å². The molecule has 0 radical (unpaired) electrons. The number of amides is 1. The highest BCUT2D eigenvalue weighted by Crippen LogP contribution is 2.38. The third-order valence-electron chi connectivity index (χ3n) is 8.19. The van der Waals surface area contributed by atoms with Gasteiger partial charge >= 0.3 is 0 Å². The fraction of sp³-hybridized carbons (Fsp3) is 0.769. The molecule has 4 atom stereocenters. The Bertz CT molecular complexity index is 962. The lowest BCUT2D eigenvalue weighted by atomic mass is 9.99. The Labute approximate surface area is 300 Å². The number of rotatable bonds is 33. The van der Waals surface area contributed by atoms with Crippen molar-refractivity contribution in [3.05, 3.63) is 48.6 Å². The highest BCUT2D eigenvalue weighted by Gasteiger charge is 2.29. The number of quaternary nitrogens is 1. The van der Waals surface area contributed by atoms with Gasteiger partial charge in [-0.25, -0.2) is 0 Å². The number of likely N-dealkylation sites (N-methyl/N-ethyl adjacent to an activating group) is 1. The third kappa shape index (κ3) is 32.1. The molecule has 0 aromatic heterocycles. The Kier molecular flexibility index (Phi) is 30.2. The number of carbonyl (C=O) groups excluding carboxylic acids is 1. The van der Waals surface area contributed by atoms with Crippen molar-refractivity contribution in [2.75, 3.05) is 40.9 Å². The lowest BCUT2D eigenvalue weighted by Crippen LogP contribution is -2.51. The molecule has 10 heteroatoms. The van der Waals surface area contributed by atoms with E-state index in [1.165, 1.54) is 51.4 Å². The molecule has 286 valence electrons. The summed E-state index contributed by atoms with van der Waals surface area (Å²) in [5.41, 5.74) is 0. The smallest absolute Gasteiger partial charge is 0.268 e. The molecule has 0 aromatic carbocycles. The average molecular weight is 713 g/mol. The number of phosphoric ester groups is 1. The van der Waals surface area contributed by atoms with Gasteiger partial charge in [0.05, 0.1) is 39.9 Å². The number of allylic oxidation sites excluding steroid dienone is 8. The van der Waals surface area contributed by atoms with Gasteiger partial charge in [0.25, 0.3) is 7.82 Å². The number of phosphoric acid groups is 1. The van der Waals surface area contributed by atoms with Gasteiger partial charge in [0, 0.05) is 6.42 Å². The van der Waals surface area contributed by atoms with Crippen LogP contribution < -0.4 is 10.2 Å². The first kappa shape index (κ1) is 47.4. The van der Waals surface area contributed by atoms with Crippen molar-refractivity contribution in [2.45, 2.75) is 154 Å². The average Bonchev–Trinajstić information content (AvgIpc) is 3.04. The molecule has 0 aromatic rings. The van der Waals surface area contributed by atoms with E-state index < -0.39 is 32.7 Å². The predicted octanol–water partition coefficient (Wildman–Crippen LogP) is 8.08. The summed E-state index contributed by atoms with van der Waals surface area (Å²) in [4.78, 5) is 25.2. The van der Waals surface area contributed by atoms with Gasteiger partial charge in [-0.2, -0.15) is 0 Å². The zero-order valence-corrected chi connectivity index (χ0v) is 32.6. The summed E-state index contributed by atoms with van der Waals surface area (Å²) in [5.74, 6) is -0.362. The minimum absolute atomic E-state index is 0.0552. The van der Waals surface area contributed by atoms with Crippen LogP contribution in [0.3, 0.4) is 0 Å². The molecular weight excluding hydrogens is 639 g/mol. The fourth-order valence-corrected chi connectivity index (χ4v) is 5.81. The number of unbranched alkanes of at least 4 members (excludes halogenated alkanes) is 11. The Morgan fingerprint density at radius 1 is 0.755 bits per heavy atom. The molecule has 0 rings (SSSR count). The molecule has 9 nitrogen and oxygen atoms in total. The van der Waals surface area contributed by atoms with Crippen molar-refractivity contribution in [1.29, 1.82) is 0 Å². The number of nitrogens with zero attached hydrogens (tertiary/aromatic N) is 1. The van der Waals surface area contributed by atoms with E-state index in [-0.39, 0.29) is 18.9 Å². The predicted molar refractivity (Wildman–Crippen MR) is 202 cm³/mol. The van der Waals surface area contributed by atoms with Crippen LogP contribution in [0.4, 0.5) is 0 Å². The Balaban J connectivity index is 4.76. The second kappa shape index (κ2) is 31.2. The summed E-state index contributed by atoms with van der Waals surface area (Å²) in [7, 11) is 1.07. The van der Waals surface area contributed by atoms with Crippen LogP contribution in [0.2, 0.25) is 0 Å². The van der Waals surface area contributed by atoms with Crippen LogP contribution in [-0.4, -0.2) is 79.8 Å². The normalized spacial score (nSPS) is 15.8.